The van der Waals surface area contributed by atoms with Crippen molar-refractivity contribution < 1.29 is 14.3 Å². The van der Waals surface area contributed by atoms with E-state index in [1.165, 1.54) is 4.90 Å². The monoisotopic (exact) mass is 303 g/mol. The fourth-order valence-corrected chi connectivity index (χ4v) is 3.57. The van der Waals surface area contributed by atoms with Gasteiger partial charge in [0.15, 0.2) is 0 Å². The summed E-state index contributed by atoms with van der Waals surface area (Å²) < 4.78 is 12.4. The molecule has 2 heterocycles. The van der Waals surface area contributed by atoms with Gasteiger partial charge >= 0.3 is 5.97 Å². The maximum atomic E-state index is 11.9. The van der Waals surface area contributed by atoms with Crippen LogP contribution in [0.2, 0.25) is 0 Å². The number of hydrogen-bond donors (Lipinski definition) is 0. The van der Waals surface area contributed by atoms with Crippen molar-refractivity contribution in [1.29, 1.82) is 0 Å². The molecule has 2 aromatic rings. The Kier molecular flexibility index (Phi) is 3.92. The second kappa shape index (κ2) is 5.85. The second-order valence-corrected chi connectivity index (χ2v) is 5.73. The van der Waals surface area contributed by atoms with Crippen LogP contribution in [0.3, 0.4) is 0 Å². The molecule has 0 unspecified atom stereocenters. The molecule has 3 rings (SSSR count). The number of ether oxygens (including phenoxy) is 2. The molecule has 0 aliphatic carbocycles. The van der Waals surface area contributed by atoms with Crippen LogP contribution in [0.4, 0.5) is 0 Å². The number of rotatable bonds is 4. The lowest BCUT2D eigenvalue weighted by atomic mass is 10.2. The van der Waals surface area contributed by atoms with Crippen LogP contribution in [0.15, 0.2) is 29.2 Å². The van der Waals surface area contributed by atoms with Gasteiger partial charge in [-0.25, -0.2) is 0 Å². The zero-order valence-electron chi connectivity index (χ0n) is 12.1. The van der Waals surface area contributed by atoms with E-state index in [9.17, 15) is 4.79 Å². The van der Waals surface area contributed by atoms with Crippen molar-refractivity contribution in [1.82, 2.24) is 4.57 Å². The molecule has 1 aliphatic heterocycles. The maximum Gasteiger partial charge on any atom is 0.325 e. The summed E-state index contributed by atoms with van der Waals surface area (Å²) in [6, 6.07) is 5.95. The highest BCUT2D eigenvalue weighted by atomic mass is 32.2. The predicted molar refractivity (Wildman–Crippen MR) is 84.9 cm³/mol. The van der Waals surface area contributed by atoms with Crippen molar-refractivity contribution in [2.75, 3.05) is 19.5 Å². The molecule has 0 bridgehead atoms. The van der Waals surface area contributed by atoms with Gasteiger partial charge in [0.1, 0.15) is 12.3 Å². The Hall–Kier alpha value is -1.88. The summed E-state index contributed by atoms with van der Waals surface area (Å²) in [6.07, 6.45) is 4.20. The van der Waals surface area contributed by atoms with E-state index in [2.05, 4.69) is 12.2 Å². The normalized spacial score (nSPS) is 13.2. The molecule has 1 aromatic carbocycles. The van der Waals surface area contributed by atoms with Crippen LogP contribution in [0.5, 0.6) is 5.75 Å². The highest BCUT2D eigenvalue weighted by Crippen LogP contribution is 2.39. The van der Waals surface area contributed by atoms with Gasteiger partial charge in [-0.1, -0.05) is 6.08 Å². The van der Waals surface area contributed by atoms with E-state index >= 15 is 0 Å². The minimum Gasteiger partial charge on any atom is -0.497 e. The van der Waals surface area contributed by atoms with Gasteiger partial charge in [-0.15, -0.1) is 11.8 Å². The zero-order chi connectivity index (χ0) is 14.8. The number of benzene rings is 1. The number of fused-ring (bicyclic) bond motifs is 3. The van der Waals surface area contributed by atoms with Gasteiger partial charge < -0.3 is 14.0 Å². The highest BCUT2D eigenvalue weighted by molar-refractivity contribution is 7.99. The standard InChI is InChI=1S/C16H17NO3S/c1-3-20-15(18)10-17-13-7-6-11(19-2)9-12(13)16-14(17)5-4-8-21-16/h4-7,9H,3,8,10H2,1-2H3. The zero-order valence-corrected chi connectivity index (χ0v) is 12.9. The highest BCUT2D eigenvalue weighted by Gasteiger charge is 2.20. The third-order valence-electron chi connectivity index (χ3n) is 3.45. The SMILES string of the molecule is CCOC(=O)Cn1c2c(c3cc(OC)ccc31)SCC=C2. The molecule has 0 saturated carbocycles. The molecule has 0 fully saturated rings. The number of aromatic nitrogens is 1. The van der Waals surface area contributed by atoms with Gasteiger partial charge in [0.05, 0.1) is 24.9 Å². The molecule has 0 radical (unpaired) electrons. The van der Waals surface area contributed by atoms with E-state index in [-0.39, 0.29) is 12.5 Å². The molecular formula is C16H17NO3S. The van der Waals surface area contributed by atoms with Crippen molar-refractivity contribution in [2.24, 2.45) is 0 Å². The molecule has 5 heteroatoms. The van der Waals surface area contributed by atoms with Gasteiger partial charge in [-0.05, 0) is 31.2 Å². The maximum absolute atomic E-state index is 11.9. The summed E-state index contributed by atoms with van der Waals surface area (Å²) in [5.41, 5.74) is 2.11. The van der Waals surface area contributed by atoms with Crippen LogP contribution >= 0.6 is 11.8 Å². The largest absolute Gasteiger partial charge is 0.497 e. The van der Waals surface area contributed by atoms with Crippen LogP contribution in [-0.4, -0.2) is 30.0 Å². The molecule has 0 N–H and O–H groups in total. The van der Waals surface area contributed by atoms with E-state index in [0.717, 1.165) is 28.1 Å². The summed E-state index contributed by atoms with van der Waals surface area (Å²) in [5.74, 6) is 1.56. The Morgan fingerprint density at radius 2 is 2.29 bits per heavy atom. The lowest BCUT2D eigenvalue weighted by Crippen LogP contribution is -2.14. The molecule has 0 atom stereocenters. The molecule has 1 aliphatic rings. The van der Waals surface area contributed by atoms with Gasteiger partial charge in [-0.2, -0.15) is 0 Å². The van der Waals surface area contributed by atoms with Gasteiger partial charge in [-0.3, -0.25) is 4.79 Å². The number of esters is 1. The number of nitrogens with zero attached hydrogens (tertiary/aromatic N) is 1. The molecule has 0 amide bonds. The Morgan fingerprint density at radius 3 is 3.05 bits per heavy atom. The minimum atomic E-state index is -0.211. The first-order chi connectivity index (χ1) is 10.2. The lowest BCUT2D eigenvalue weighted by Gasteiger charge is -2.10. The molecule has 4 nitrogen and oxygen atoms in total. The topological polar surface area (TPSA) is 40.5 Å². The first-order valence-corrected chi connectivity index (χ1v) is 7.88. The van der Waals surface area contributed by atoms with Crippen molar-refractivity contribution >= 4 is 34.7 Å². The van der Waals surface area contributed by atoms with Crippen LogP contribution < -0.4 is 4.74 Å². The number of hydrogen-bond acceptors (Lipinski definition) is 4. The summed E-state index contributed by atoms with van der Waals surface area (Å²) in [4.78, 5) is 13.1. The fraction of sp³-hybridized carbons (Fsp3) is 0.312. The first-order valence-electron chi connectivity index (χ1n) is 6.89. The smallest absolute Gasteiger partial charge is 0.325 e. The second-order valence-electron chi connectivity index (χ2n) is 4.70. The van der Waals surface area contributed by atoms with E-state index in [0.29, 0.717) is 6.61 Å². The quantitative estimate of drug-likeness (QED) is 0.812. The van der Waals surface area contributed by atoms with E-state index in [1.54, 1.807) is 18.9 Å². The van der Waals surface area contributed by atoms with E-state index < -0.39 is 0 Å². The van der Waals surface area contributed by atoms with Crippen LogP contribution in [-0.2, 0) is 16.1 Å². The third-order valence-corrected chi connectivity index (χ3v) is 4.53. The van der Waals surface area contributed by atoms with E-state index in [4.69, 9.17) is 9.47 Å². The minimum absolute atomic E-state index is 0.211. The average Bonchev–Trinajstić information content (AvgIpc) is 2.81. The van der Waals surface area contributed by atoms with Gasteiger partial charge in [0.2, 0.25) is 0 Å². The predicted octanol–water partition coefficient (Wildman–Crippen LogP) is 3.33. The third kappa shape index (κ3) is 2.53. The number of methoxy groups -OCH3 is 1. The fourth-order valence-electron chi connectivity index (χ4n) is 2.56. The molecule has 1 aromatic heterocycles. The Bertz CT molecular complexity index is 718. The van der Waals surface area contributed by atoms with Crippen molar-refractivity contribution in [2.45, 2.75) is 18.4 Å². The molecule has 110 valence electrons. The molecule has 21 heavy (non-hydrogen) atoms. The summed E-state index contributed by atoms with van der Waals surface area (Å²) in [7, 11) is 1.66. The van der Waals surface area contributed by atoms with Crippen molar-refractivity contribution in [3.05, 3.63) is 30.0 Å². The van der Waals surface area contributed by atoms with Crippen LogP contribution in [0, 0.1) is 0 Å². The van der Waals surface area contributed by atoms with Crippen molar-refractivity contribution in [3.63, 3.8) is 0 Å². The van der Waals surface area contributed by atoms with Crippen LogP contribution in [0.25, 0.3) is 17.0 Å². The summed E-state index contributed by atoms with van der Waals surface area (Å²) >= 11 is 1.78. The van der Waals surface area contributed by atoms with Crippen LogP contribution in [0.1, 0.15) is 12.6 Å². The number of thioether (sulfide) groups is 1. The molecule has 0 spiro atoms. The summed E-state index contributed by atoms with van der Waals surface area (Å²) in [6.45, 7) is 2.46. The van der Waals surface area contributed by atoms with Gasteiger partial charge in [0.25, 0.3) is 0 Å². The average molecular weight is 303 g/mol. The Morgan fingerprint density at radius 1 is 1.43 bits per heavy atom. The Balaban J connectivity index is 2.14. The first kappa shape index (κ1) is 14.1. The summed E-state index contributed by atoms with van der Waals surface area (Å²) in [5, 5.41) is 1.13. The Labute approximate surface area is 127 Å². The molecule has 0 saturated heterocycles. The lowest BCUT2D eigenvalue weighted by molar-refractivity contribution is -0.143. The van der Waals surface area contributed by atoms with Crippen molar-refractivity contribution in [3.8, 4) is 5.75 Å². The van der Waals surface area contributed by atoms with Gasteiger partial charge in [0, 0.05) is 16.0 Å². The number of carbonyl (C=O) groups is 1. The number of carbonyl (C=O) groups excluding carboxylic acids is 1. The van der Waals surface area contributed by atoms with E-state index in [1.807, 2.05) is 29.7 Å². The molecular weight excluding hydrogens is 286 g/mol.